The molecule has 0 amide bonds. The van der Waals surface area contributed by atoms with E-state index in [2.05, 4.69) is 0 Å². The first-order valence-corrected chi connectivity index (χ1v) is 4.65. The van der Waals surface area contributed by atoms with Crippen LogP contribution in [0.3, 0.4) is 0 Å². The molecule has 72 valence electrons. The molecule has 0 saturated carbocycles. The Morgan fingerprint density at radius 1 is 1.38 bits per heavy atom. The topological polar surface area (TPSA) is 46.2 Å². The van der Waals surface area contributed by atoms with Crippen molar-refractivity contribution >= 4 is 5.69 Å². The number of nitrogen functional groups attached to an aromatic ring is 1. The van der Waals surface area contributed by atoms with Crippen LogP contribution in [0.15, 0.2) is 24.3 Å². The Morgan fingerprint density at radius 3 is 2.54 bits per heavy atom. The van der Waals surface area contributed by atoms with E-state index in [-0.39, 0.29) is 0 Å². The summed E-state index contributed by atoms with van der Waals surface area (Å²) in [4.78, 5) is 0. The highest BCUT2D eigenvalue weighted by Gasteiger charge is 2.23. The third kappa shape index (κ3) is 2.22. The van der Waals surface area contributed by atoms with Gasteiger partial charge in [-0.25, -0.2) is 0 Å². The fourth-order valence-electron chi connectivity index (χ4n) is 1.61. The average molecular weight is 179 g/mol. The van der Waals surface area contributed by atoms with Crippen LogP contribution in [-0.4, -0.2) is 5.11 Å². The predicted octanol–water partition coefficient (Wildman–Crippen LogP) is 2.28. The number of benzene rings is 1. The molecular formula is C11H17NO. The lowest BCUT2D eigenvalue weighted by atomic mass is 9.90. The fourth-order valence-corrected chi connectivity index (χ4v) is 1.61. The van der Waals surface area contributed by atoms with E-state index in [9.17, 15) is 5.11 Å². The summed E-state index contributed by atoms with van der Waals surface area (Å²) in [5.41, 5.74) is 6.48. The Labute approximate surface area is 79.4 Å². The van der Waals surface area contributed by atoms with Gasteiger partial charge in [-0.05, 0) is 19.4 Å². The molecule has 0 saturated heterocycles. The molecule has 0 aliphatic rings. The van der Waals surface area contributed by atoms with Gasteiger partial charge in [0.2, 0.25) is 0 Å². The van der Waals surface area contributed by atoms with Crippen LogP contribution in [0.25, 0.3) is 0 Å². The molecule has 0 aromatic heterocycles. The maximum Gasteiger partial charge on any atom is 0.0888 e. The highest BCUT2D eigenvalue weighted by atomic mass is 16.3. The normalized spacial score (nSPS) is 15.3. The van der Waals surface area contributed by atoms with E-state index in [1.807, 2.05) is 38.1 Å². The van der Waals surface area contributed by atoms with Crippen molar-refractivity contribution in [2.24, 2.45) is 0 Å². The van der Waals surface area contributed by atoms with E-state index in [1.165, 1.54) is 0 Å². The summed E-state index contributed by atoms with van der Waals surface area (Å²) >= 11 is 0. The summed E-state index contributed by atoms with van der Waals surface area (Å²) < 4.78 is 0. The van der Waals surface area contributed by atoms with Crippen LogP contribution in [0.5, 0.6) is 0 Å². The van der Waals surface area contributed by atoms with Gasteiger partial charge < -0.3 is 10.8 Å². The number of rotatable bonds is 3. The monoisotopic (exact) mass is 179 g/mol. The van der Waals surface area contributed by atoms with Gasteiger partial charge >= 0.3 is 0 Å². The molecule has 1 aromatic carbocycles. The van der Waals surface area contributed by atoms with Crippen LogP contribution < -0.4 is 5.73 Å². The van der Waals surface area contributed by atoms with Crippen molar-refractivity contribution in [3.63, 3.8) is 0 Å². The molecule has 13 heavy (non-hydrogen) atoms. The van der Waals surface area contributed by atoms with E-state index >= 15 is 0 Å². The molecule has 0 bridgehead atoms. The summed E-state index contributed by atoms with van der Waals surface area (Å²) in [6, 6.07) is 7.47. The van der Waals surface area contributed by atoms with Gasteiger partial charge in [0.15, 0.2) is 0 Å². The molecule has 3 N–H and O–H groups in total. The largest absolute Gasteiger partial charge is 0.398 e. The Morgan fingerprint density at radius 2 is 2.00 bits per heavy atom. The number of nitrogens with two attached hydrogens (primary N) is 1. The van der Waals surface area contributed by atoms with Crippen molar-refractivity contribution in [3.8, 4) is 0 Å². The lowest BCUT2D eigenvalue weighted by Crippen LogP contribution is -2.22. The first-order chi connectivity index (χ1) is 6.08. The van der Waals surface area contributed by atoms with Gasteiger partial charge in [0.05, 0.1) is 5.60 Å². The SMILES string of the molecule is CCCC(C)(O)c1ccccc1N. The van der Waals surface area contributed by atoms with Crippen LogP contribution in [0.2, 0.25) is 0 Å². The first-order valence-electron chi connectivity index (χ1n) is 4.65. The maximum absolute atomic E-state index is 10.1. The Balaban J connectivity index is 2.99. The van der Waals surface area contributed by atoms with Gasteiger partial charge in [-0.15, -0.1) is 0 Å². The van der Waals surface area contributed by atoms with E-state index in [0.717, 1.165) is 18.4 Å². The van der Waals surface area contributed by atoms with Crippen molar-refractivity contribution in [1.29, 1.82) is 0 Å². The minimum atomic E-state index is -0.792. The zero-order chi connectivity index (χ0) is 9.90. The second kappa shape index (κ2) is 3.79. The molecule has 1 unspecified atom stereocenters. The zero-order valence-electron chi connectivity index (χ0n) is 8.25. The number of hydrogen-bond acceptors (Lipinski definition) is 2. The summed E-state index contributed by atoms with van der Waals surface area (Å²) in [5.74, 6) is 0. The summed E-state index contributed by atoms with van der Waals surface area (Å²) in [5, 5.41) is 10.1. The van der Waals surface area contributed by atoms with E-state index < -0.39 is 5.60 Å². The van der Waals surface area contributed by atoms with Crippen molar-refractivity contribution in [3.05, 3.63) is 29.8 Å². The maximum atomic E-state index is 10.1. The number of hydrogen-bond donors (Lipinski definition) is 2. The van der Waals surface area contributed by atoms with Gasteiger partial charge in [-0.1, -0.05) is 31.5 Å². The molecule has 2 nitrogen and oxygen atoms in total. The molecular weight excluding hydrogens is 162 g/mol. The van der Waals surface area contributed by atoms with Crippen LogP contribution in [-0.2, 0) is 5.60 Å². The summed E-state index contributed by atoms with van der Waals surface area (Å²) in [7, 11) is 0. The molecule has 0 fully saturated rings. The smallest absolute Gasteiger partial charge is 0.0888 e. The highest BCUT2D eigenvalue weighted by molar-refractivity contribution is 5.49. The lowest BCUT2D eigenvalue weighted by Gasteiger charge is -2.24. The Kier molecular flexibility index (Phi) is 2.94. The molecule has 0 aliphatic carbocycles. The van der Waals surface area contributed by atoms with Crippen molar-refractivity contribution in [2.75, 3.05) is 5.73 Å². The molecule has 2 heteroatoms. The quantitative estimate of drug-likeness (QED) is 0.699. The van der Waals surface area contributed by atoms with Gasteiger partial charge in [0.25, 0.3) is 0 Å². The average Bonchev–Trinajstić information content (AvgIpc) is 2.04. The van der Waals surface area contributed by atoms with Crippen molar-refractivity contribution in [2.45, 2.75) is 32.3 Å². The molecule has 0 spiro atoms. The minimum absolute atomic E-state index is 0.668. The van der Waals surface area contributed by atoms with Gasteiger partial charge in [0, 0.05) is 11.3 Å². The van der Waals surface area contributed by atoms with Crippen LogP contribution in [0, 0.1) is 0 Å². The molecule has 1 aromatic rings. The lowest BCUT2D eigenvalue weighted by molar-refractivity contribution is 0.0477. The van der Waals surface area contributed by atoms with E-state index in [4.69, 9.17) is 5.73 Å². The number of aliphatic hydroxyl groups is 1. The first kappa shape index (κ1) is 10.1. The van der Waals surface area contributed by atoms with E-state index in [0.29, 0.717) is 5.69 Å². The third-order valence-corrected chi connectivity index (χ3v) is 2.28. The second-order valence-electron chi connectivity index (χ2n) is 3.61. The van der Waals surface area contributed by atoms with Crippen LogP contribution >= 0.6 is 0 Å². The third-order valence-electron chi connectivity index (χ3n) is 2.28. The van der Waals surface area contributed by atoms with Crippen LogP contribution in [0.4, 0.5) is 5.69 Å². The highest BCUT2D eigenvalue weighted by Crippen LogP contribution is 2.29. The predicted molar refractivity (Wildman–Crippen MR) is 55.3 cm³/mol. The Hall–Kier alpha value is -1.02. The molecule has 1 atom stereocenters. The van der Waals surface area contributed by atoms with Crippen LogP contribution in [0.1, 0.15) is 32.3 Å². The molecule has 0 aliphatic heterocycles. The minimum Gasteiger partial charge on any atom is -0.398 e. The number of para-hydroxylation sites is 1. The van der Waals surface area contributed by atoms with Gasteiger partial charge in [-0.2, -0.15) is 0 Å². The summed E-state index contributed by atoms with van der Waals surface area (Å²) in [6.07, 6.45) is 1.68. The van der Waals surface area contributed by atoms with E-state index in [1.54, 1.807) is 0 Å². The Bertz CT molecular complexity index is 281. The molecule has 0 heterocycles. The molecule has 1 rings (SSSR count). The number of anilines is 1. The molecule has 0 radical (unpaired) electrons. The van der Waals surface area contributed by atoms with Crippen molar-refractivity contribution in [1.82, 2.24) is 0 Å². The second-order valence-corrected chi connectivity index (χ2v) is 3.61. The zero-order valence-corrected chi connectivity index (χ0v) is 8.25. The van der Waals surface area contributed by atoms with Gasteiger partial charge in [0.1, 0.15) is 0 Å². The summed E-state index contributed by atoms with van der Waals surface area (Å²) in [6.45, 7) is 3.86. The standard InChI is InChI=1S/C11H17NO/c1-3-8-11(2,13)9-6-4-5-7-10(9)12/h4-7,13H,3,8,12H2,1-2H3. The van der Waals surface area contributed by atoms with Gasteiger partial charge in [-0.3, -0.25) is 0 Å². The van der Waals surface area contributed by atoms with Crippen molar-refractivity contribution < 1.29 is 5.11 Å². The fraction of sp³-hybridized carbons (Fsp3) is 0.455.